The van der Waals surface area contributed by atoms with Gasteiger partial charge < -0.3 is 9.47 Å². The summed E-state index contributed by atoms with van der Waals surface area (Å²) in [6.45, 7) is -0.0804. The summed E-state index contributed by atoms with van der Waals surface area (Å²) in [5, 5.41) is -0.956. The van der Waals surface area contributed by atoms with Crippen LogP contribution >= 0.6 is 0 Å². The van der Waals surface area contributed by atoms with Crippen molar-refractivity contribution in [3.8, 4) is 11.5 Å². The fourth-order valence-corrected chi connectivity index (χ4v) is 1.97. The summed E-state index contributed by atoms with van der Waals surface area (Å²) in [6, 6.07) is 6.80. The molecule has 1 aromatic carbocycles. The van der Waals surface area contributed by atoms with Crippen molar-refractivity contribution in [3.63, 3.8) is 0 Å². The zero-order chi connectivity index (χ0) is 11.8. The second-order valence-electron chi connectivity index (χ2n) is 3.46. The van der Waals surface area contributed by atoms with Gasteiger partial charge in [-0.1, -0.05) is 12.1 Å². The monoisotopic (exact) mass is 242 g/mol. The molecule has 0 amide bonds. The molecule has 1 aliphatic heterocycles. The number of fused-ring (bicyclic) bond motifs is 1. The normalized spacial score (nSPS) is 19.2. The van der Waals surface area contributed by atoms with Gasteiger partial charge in [-0.3, -0.25) is 4.79 Å². The molecule has 16 heavy (non-hydrogen) atoms. The Morgan fingerprint density at radius 2 is 1.94 bits per heavy atom. The molecule has 6 heteroatoms. The van der Waals surface area contributed by atoms with Crippen molar-refractivity contribution in [1.82, 2.24) is 0 Å². The molecule has 0 bridgehead atoms. The lowest BCUT2D eigenvalue weighted by molar-refractivity contribution is -0.120. The molecule has 5 nitrogen and oxygen atoms in total. The number of carbonyl (C=O) groups excluding carboxylic acids is 1. The fourth-order valence-electron chi connectivity index (χ4n) is 1.37. The Hall–Kier alpha value is -1.56. The van der Waals surface area contributed by atoms with Crippen molar-refractivity contribution in [2.45, 2.75) is 6.10 Å². The Morgan fingerprint density at radius 3 is 2.56 bits per heavy atom. The van der Waals surface area contributed by atoms with E-state index in [1.807, 2.05) is 0 Å². The predicted molar refractivity (Wildman–Crippen MR) is 56.2 cm³/mol. The molecule has 86 valence electrons. The summed E-state index contributed by atoms with van der Waals surface area (Å²) in [7, 11) is -3.75. The maximum absolute atomic E-state index is 11.4. The van der Waals surface area contributed by atoms with E-state index in [0.29, 0.717) is 11.5 Å². The van der Waals surface area contributed by atoms with Crippen LogP contribution in [0.5, 0.6) is 11.5 Å². The van der Waals surface area contributed by atoms with Crippen molar-refractivity contribution in [2.75, 3.05) is 12.9 Å². The minimum atomic E-state index is -3.75. The first-order valence-electron chi connectivity index (χ1n) is 4.61. The van der Waals surface area contributed by atoms with Gasteiger partial charge in [0.1, 0.15) is 6.61 Å². The van der Waals surface area contributed by atoms with Gasteiger partial charge in [0.25, 0.3) is 5.12 Å². The molecule has 0 aromatic heterocycles. The molecule has 0 saturated carbocycles. The smallest absolute Gasteiger partial charge is 0.289 e. The minimum absolute atomic E-state index is 0.0804. The Bertz CT molecular complexity index is 520. The van der Waals surface area contributed by atoms with Gasteiger partial charge in [0.15, 0.2) is 11.5 Å². The minimum Gasteiger partial charge on any atom is -0.485 e. The molecule has 1 aliphatic rings. The number of hydrogen-bond acceptors (Lipinski definition) is 5. The van der Waals surface area contributed by atoms with Crippen molar-refractivity contribution in [3.05, 3.63) is 24.3 Å². The molecule has 0 spiro atoms. The van der Waals surface area contributed by atoms with Crippen LogP contribution in [0.4, 0.5) is 0 Å². The molecule has 2 rings (SSSR count). The number of sulfone groups is 1. The molecule has 1 aromatic rings. The van der Waals surface area contributed by atoms with Gasteiger partial charge in [0.05, 0.1) is 0 Å². The van der Waals surface area contributed by atoms with Crippen molar-refractivity contribution < 1.29 is 22.7 Å². The van der Waals surface area contributed by atoms with Crippen LogP contribution in [0.25, 0.3) is 0 Å². The van der Waals surface area contributed by atoms with Crippen molar-refractivity contribution in [2.24, 2.45) is 0 Å². The van der Waals surface area contributed by atoms with Crippen LogP contribution in [0.2, 0.25) is 0 Å². The summed E-state index contributed by atoms with van der Waals surface area (Å²) >= 11 is 0. The SMILES string of the molecule is CS(=O)(=O)C(=O)C1COc2ccccc2O1. The van der Waals surface area contributed by atoms with Crippen LogP contribution in [0.1, 0.15) is 0 Å². The maximum Gasteiger partial charge on any atom is 0.289 e. The molecule has 0 aliphatic carbocycles. The summed E-state index contributed by atoms with van der Waals surface area (Å²) in [6.07, 6.45) is -0.218. The zero-order valence-electron chi connectivity index (χ0n) is 8.54. The molecular weight excluding hydrogens is 232 g/mol. The van der Waals surface area contributed by atoms with Crippen LogP contribution in [-0.2, 0) is 14.6 Å². The fraction of sp³-hybridized carbons (Fsp3) is 0.300. The van der Waals surface area contributed by atoms with Gasteiger partial charge in [-0.2, -0.15) is 0 Å². The third-order valence-electron chi connectivity index (χ3n) is 2.14. The van der Waals surface area contributed by atoms with Crippen molar-refractivity contribution >= 4 is 15.0 Å². The molecular formula is C10H10O5S. The highest BCUT2D eigenvalue weighted by atomic mass is 32.2. The Kier molecular flexibility index (Phi) is 2.59. The summed E-state index contributed by atoms with van der Waals surface area (Å²) in [5.74, 6) is 0.899. The molecule has 1 unspecified atom stereocenters. The van der Waals surface area contributed by atoms with Crippen LogP contribution in [0.15, 0.2) is 24.3 Å². The van der Waals surface area contributed by atoms with Gasteiger partial charge in [0.2, 0.25) is 15.9 Å². The summed E-state index contributed by atoms with van der Waals surface area (Å²) in [4.78, 5) is 11.4. The third-order valence-corrected chi connectivity index (χ3v) is 3.13. The van der Waals surface area contributed by atoms with Crippen molar-refractivity contribution in [1.29, 1.82) is 0 Å². The Balaban J connectivity index is 2.24. The van der Waals surface area contributed by atoms with E-state index in [-0.39, 0.29) is 6.61 Å². The second kappa shape index (κ2) is 3.79. The zero-order valence-corrected chi connectivity index (χ0v) is 9.36. The van der Waals surface area contributed by atoms with E-state index in [1.54, 1.807) is 24.3 Å². The molecule has 1 heterocycles. The Morgan fingerprint density at radius 1 is 1.31 bits per heavy atom. The lowest BCUT2D eigenvalue weighted by Crippen LogP contribution is -2.40. The number of carbonyl (C=O) groups is 1. The molecule has 0 fully saturated rings. The topological polar surface area (TPSA) is 69.7 Å². The van der Waals surface area contributed by atoms with E-state index < -0.39 is 21.1 Å². The number of rotatable bonds is 1. The molecule has 0 radical (unpaired) electrons. The summed E-state index contributed by atoms with van der Waals surface area (Å²) < 4.78 is 32.6. The second-order valence-corrected chi connectivity index (χ2v) is 5.40. The van der Waals surface area contributed by atoms with E-state index in [0.717, 1.165) is 6.26 Å². The number of para-hydroxylation sites is 2. The van der Waals surface area contributed by atoms with Crippen LogP contribution in [0.3, 0.4) is 0 Å². The lowest BCUT2D eigenvalue weighted by Gasteiger charge is -2.24. The maximum atomic E-state index is 11.4. The largest absolute Gasteiger partial charge is 0.485 e. The lowest BCUT2D eigenvalue weighted by atomic mass is 10.3. The number of benzene rings is 1. The van der Waals surface area contributed by atoms with E-state index in [1.165, 1.54) is 0 Å². The average Bonchev–Trinajstić information content (AvgIpc) is 2.26. The highest BCUT2D eigenvalue weighted by molar-refractivity contribution is 8.05. The Labute approximate surface area is 92.9 Å². The highest BCUT2D eigenvalue weighted by Crippen LogP contribution is 2.31. The van der Waals surface area contributed by atoms with Gasteiger partial charge in [0, 0.05) is 6.26 Å². The third kappa shape index (κ3) is 2.01. The van der Waals surface area contributed by atoms with E-state index in [9.17, 15) is 13.2 Å². The van der Waals surface area contributed by atoms with Crippen LogP contribution in [0, 0.1) is 0 Å². The summed E-state index contributed by atoms with van der Waals surface area (Å²) in [5.41, 5.74) is 0. The van der Waals surface area contributed by atoms with Crippen LogP contribution < -0.4 is 9.47 Å². The van der Waals surface area contributed by atoms with Gasteiger partial charge in [-0.05, 0) is 12.1 Å². The predicted octanol–water partition coefficient (Wildman–Crippen LogP) is 0.398. The highest BCUT2D eigenvalue weighted by Gasteiger charge is 2.33. The number of hydrogen-bond donors (Lipinski definition) is 0. The standard InChI is InChI=1S/C10H10O5S/c1-16(12,13)10(11)9-6-14-7-4-2-3-5-8(7)15-9/h2-5,9H,6H2,1H3. The molecule has 1 atom stereocenters. The molecule has 0 saturated heterocycles. The molecule has 0 N–H and O–H groups in total. The van der Waals surface area contributed by atoms with Gasteiger partial charge in [-0.25, -0.2) is 8.42 Å². The first kappa shape index (κ1) is 10.9. The first-order chi connectivity index (χ1) is 7.48. The van der Waals surface area contributed by atoms with E-state index in [2.05, 4.69) is 0 Å². The van der Waals surface area contributed by atoms with E-state index in [4.69, 9.17) is 9.47 Å². The number of ether oxygens (including phenoxy) is 2. The van der Waals surface area contributed by atoms with Gasteiger partial charge in [-0.15, -0.1) is 0 Å². The first-order valence-corrected chi connectivity index (χ1v) is 6.50. The average molecular weight is 242 g/mol. The quantitative estimate of drug-likeness (QED) is 0.712. The van der Waals surface area contributed by atoms with Crippen LogP contribution in [-0.4, -0.2) is 32.5 Å². The van der Waals surface area contributed by atoms with E-state index >= 15 is 0 Å². The van der Waals surface area contributed by atoms with Gasteiger partial charge >= 0.3 is 0 Å².